The van der Waals surface area contributed by atoms with E-state index in [1.165, 1.54) is 25.7 Å². The van der Waals surface area contributed by atoms with E-state index in [9.17, 15) is 4.79 Å². The number of carbonyl (C=O) groups is 1. The second kappa shape index (κ2) is 7.46. The zero-order chi connectivity index (χ0) is 17.1. The van der Waals surface area contributed by atoms with Crippen LogP contribution in [-0.2, 0) is 9.53 Å². The number of hydrogen-bond acceptors (Lipinski definition) is 3. The lowest BCUT2D eigenvalue weighted by Gasteiger charge is -2.45. The third kappa shape index (κ3) is 3.61. The largest absolute Gasteiger partial charge is 0.373 e. The molecule has 25 heavy (non-hydrogen) atoms. The van der Waals surface area contributed by atoms with E-state index in [2.05, 4.69) is 22.3 Å². The Morgan fingerprint density at radius 1 is 1.08 bits per heavy atom. The van der Waals surface area contributed by atoms with E-state index in [0.29, 0.717) is 11.3 Å². The molecule has 1 aromatic rings. The summed E-state index contributed by atoms with van der Waals surface area (Å²) < 4.78 is 6.04. The van der Waals surface area contributed by atoms with Gasteiger partial charge in [-0.05, 0) is 62.6 Å². The molecule has 4 nitrogen and oxygen atoms in total. The lowest BCUT2D eigenvalue weighted by Crippen LogP contribution is -2.49. The Morgan fingerprint density at radius 2 is 1.80 bits per heavy atom. The van der Waals surface area contributed by atoms with Gasteiger partial charge in [0, 0.05) is 19.7 Å². The Balaban J connectivity index is 1.43. The molecule has 4 rings (SSSR count). The first-order valence-corrected chi connectivity index (χ1v) is 9.94. The minimum Gasteiger partial charge on any atom is -0.373 e. The Bertz CT molecular complexity index is 573. The topological polar surface area (TPSA) is 41.6 Å². The maximum absolute atomic E-state index is 13.2. The van der Waals surface area contributed by atoms with Gasteiger partial charge in [0.1, 0.15) is 0 Å². The summed E-state index contributed by atoms with van der Waals surface area (Å²) in [5.41, 5.74) is 1.64. The van der Waals surface area contributed by atoms with Crippen molar-refractivity contribution in [2.45, 2.75) is 44.6 Å². The van der Waals surface area contributed by atoms with Crippen molar-refractivity contribution in [3.05, 3.63) is 35.9 Å². The van der Waals surface area contributed by atoms with Crippen LogP contribution in [0.5, 0.6) is 0 Å². The van der Waals surface area contributed by atoms with Gasteiger partial charge in [0.15, 0.2) is 0 Å². The average Bonchev–Trinajstić information content (AvgIpc) is 2.69. The van der Waals surface area contributed by atoms with Crippen LogP contribution in [0.25, 0.3) is 0 Å². The first kappa shape index (κ1) is 17.0. The number of benzene rings is 1. The number of likely N-dealkylation sites (tertiary alicyclic amines) is 1. The highest BCUT2D eigenvalue weighted by molar-refractivity contribution is 5.80. The molecule has 3 heterocycles. The molecule has 136 valence electrons. The number of rotatable bonds is 2. The molecule has 0 saturated carbocycles. The molecule has 3 aliphatic rings. The molecule has 0 bridgehead atoms. The summed E-state index contributed by atoms with van der Waals surface area (Å²) in [5.74, 6) is 0.301. The molecule has 4 heteroatoms. The molecule has 2 unspecified atom stereocenters. The molecule has 2 atom stereocenters. The predicted molar refractivity (Wildman–Crippen MR) is 98.2 cm³/mol. The number of piperidine rings is 2. The van der Waals surface area contributed by atoms with E-state index in [1.807, 2.05) is 18.2 Å². The highest BCUT2D eigenvalue weighted by atomic mass is 16.5. The summed E-state index contributed by atoms with van der Waals surface area (Å²) in [7, 11) is 0. The van der Waals surface area contributed by atoms with Crippen LogP contribution in [0, 0.1) is 11.3 Å². The summed E-state index contributed by atoms with van der Waals surface area (Å²) >= 11 is 0. The van der Waals surface area contributed by atoms with Gasteiger partial charge in [-0.1, -0.05) is 30.3 Å². The summed E-state index contributed by atoms with van der Waals surface area (Å²) in [6.45, 7) is 4.90. The second-order valence-electron chi connectivity index (χ2n) is 8.03. The Hall–Kier alpha value is -1.39. The number of nitrogens with one attached hydrogen (secondary N) is 1. The summed E-state index contributed by atoms with van der Waals surface area (Å²) in [5, 5.41) is 3.47. The molecule has 1 N–H and O–H groups in total. The lowest BCUT2D eigenvalue weighted by atomic mass is 9.71. The van der Waals surface area contributed by atoms with E-state index in [4.69, 9.17) is 4.74 Å². The van der Waals surface area contributed by atoms with Gasteiger partial charge in [-0.25, -0.2) is 0 Å². The van der Waals surface area contributed by atoms with Gasteiger partial charge in [-0.2, -0.15) is 0 Å². The van der Waals surface area contributed by atoms with Crippen molar-refractivity contribution in [1.29, 1.82) is 0 Å². The van der Waals surface area contributed by atoms with Crippen molar-refractivity contribution in [1.82, 2.24) is 10.2 Å². The highest BCUT2D eigenvalue weighted by Gasteiger charge is 2.40. The molecule has 0 aliphatic carbocycles. The molecule has 1 amide bonds. The van der Waals surface area contributed by atoms with E-state index in [0.717, 1.165) is 51.2 Å². The normalized spacial score (nSPS) is 29.5. The minimum absolute atomic E-state index is 0.0155. The van der Waals surface area contributed by atoms with Crippen molar-refractivity contribution in [2.75, 3.05) is 32.8 Å². The lowest BCUT2D eigenvalue weighted by molar-refractivity contribution is -0.148. The van der Waals surface area contributed by atoms with Crippen LogP contribution in [0.2, 0.25) is 0 Å². The van der Waals surface area contributed by atoms with Crippen molar-refractivity contribution in [3.63, 3.8) is 0 Å². The maximum Gasteiger partial charge on any atom is 0.228 e. The van der Waals surface area contributed by atoms with E-state index < -0.39 is 0 Å². The highest BCUT2D eigenvalue weighted by Crippen LogP contribution is 2.41. The standard InChI is InChI=1S/C21H30N2O2/c24-20(23-14-10-21(11-15-23)8-12-22-13-9-21)18-7-4-16-25-19(18)17-5-2-1-3-6-17/h1-3,5-6,18-19,22H,4,7-16H2. The fourth-order valence-electron chi connectivity index (χ4n) is 4.90. The van der Waals surface area contributed by atoms with Crippen LogP contribution >= 0.6 is 0 Å². The van der Waals surface area contributed by atoms with Gasteiger partial charge in [0.05, 0.1) is 12.0 Å². The van der Waals surface area contributed by atoms with Crippen LogP contribution in [0.15, 0.2) is 30.3 Å². The molecular formula is C21H30N2O2. The fourth-order valence-corrected chi connectivity index (χ4v) is 4.90. The molecule has 3 saturated heterocycles. The monoisotopic (exact) mass is 342 g/mol. The summed E-state index contributed by atoms with van der Waals surface area (Å²) in [4.78, 5) is 15.4. The summed E-state index contributed by atoms with van der Waals surface area (Å²) in [6, 6.07) is 10.3. The Morgan fingerprint density at radius 3 is 2.52 bits per heavy atom. The molecule has 3 fully saturated rings. The van der Waals surface area contributed by atoms with E-state index >= 15 is 0 Å². The molecule has 3 aliphatic heterocycles. The van der Waals surface area contributed by atoms with Crippen LogP contribution in [0.4, 0.5) is 0 Å². The van der Waals surface area contributed by atoms with Crippen molar-refractivity contribution < 1.29 is 9.53 Å². The van der Waals surface area contributed by atoms with Gasteiger partial charge >= 0.3 is 0 Å². The first-order valence-electron chi connectivity index (χ1n) is 9.94. The fraction of sp³-hybridized carbons (Fsp3) is 0.667. The third-order valence-electron chi connectivity index (χ3n) is 6.57. The summed E-state index contributed by atoms with van der Waals surface area (Å²) in [6.07, 6.45) is 6.75. The van der Waals surface area contributed by atoms with Crippen LogP contribution < -0.4 is 5.32 Å². The number of ether oxygens (including phenoxy) is 1. The number of hydrogen-bond donors (Lipinski definition) is 1. The van der Waals surface area contributed by atoms with Crippen LogP contribution in [-0.4, -0.2) is 43.6 Å². The van der Waals surface area contributed by atoms with Crippen molar-refractivity contribution in [2.24, 2.45) is 11.3 Å². The SMILES string of the molecule is O=C(C1CCCOC1c1ccccc1)N1CCC2(CCNCC2)CC1. The van der Waals surface area contributed by atoms with Crippen molar-refractivity contribution >= 4 is 5.91 Å². The van der Waals surface area contributed by atoms with Gasteiger partial charge in [-0.3, -0.25) is 4.79 Å². The van der Waals surface area contributed by atoms with Gasteiger partial charge in [0.25, 0.3) is 0 Å². The smallest absolute Gasteiger partial charge is 0.228 e. The minimum atomic E-state index is -0.0720. The Kier molecular flexibility index (Phi) is 5.09. The van der Waals surface area contributed by atoms with Gasteiger partial charge < -0.3 is 15.0 Å². The van der Waals surface area contributed by atoms with Crippen LogP contribution in [0.3, 0.4) is 0 Å². The number of amides is 1. The molecule has 1 aromatic carbocycles. The van der Waals surface area contributed by atoms with Crippen molar-refractivity contribution in [3.8, 4) is 0 Å². The maximum atomic E-state index is 13.2. The first-order chi connectivity index (χ1) is 12.3. The second-order valence-corrected chi connectivity index (χ2v) is 8.03. The molecule has 1 spiro atoms. The molecule has 0 radical (unpaired) electrons. The van der Waals surface area contributed by atoms with E-state index in [-0.39, 0.29) is 12.0 Å². The molecular weight excluding hydrogens is 312 g/mol. The average molecular weight is 342 g/mol. The third-order valence-corrected chi connectivity index (χ3v) is 6.57. The molecule has 0 aromatic heterocycles. The quantitative estimate of drug-likeness (QED) is 0.898. The number of carbonyl (C=O) groups excluding carboxylic acids is 1. The zero-order valence-electron chi connectivity index (χ0n) is 15.1. The zero-order valence-corrected chi connectivity index (χ0v) is 15.1. The van der Waals surface area contributed by atoms with Crippen LogP contribution in [0.1, 0.15) is 50.2 Å². The van der Waals surface area contributed by atoms with Gasteiger partial charge in [0.2, 0.25) is 5.91 Å². The number of nitrogens with zero attached hydrogens (tertiary/aromatic N) is 1. The predicted octanol–water partition coefficient (Wildman–Crippen LogP) is 3.15. The Labute approximate surface area is 150 Å². The van der Waals surface area contributed by atoms with E-state index in [1.54, 1.807) is 0 Å². The van der Waals surface area contributed by atoms with Gasteiger partial charge in [-0.15, -0.1) is 0 Å².